The molecule has 30 heavy (non-hydrogen) atoms. The van der Waals surface area contributed by atoms with E-state index in [0.717, 1.165) is 0 Å². The zero-order chi connectivity index (χ0) is 21.9. The van der Waals surface area contributed by atoms with Gasteiger partial charge in [-0.05, 0) is 26.0 Å². The average Bonchev–Trinajstić information content (AvgIpc) is 3.20. The lowest BCUT2D eigenvalue weighted by molar-refractivity contribution is -0.151. The van der Waals surface area contributed by atoms with Crippen LogP contribution in [0.25, 0.3) is 0 Å². The Balaban J connectivity index is 2.06. The summed E-state index contributed by atoms with van der Waals surface area (Å²) in [6.07, 6.45) is 0. The molecule has 0 aliphatic carbocycles. The van der Waals surface area contributed by atoms with Crippen LogP contribution in [0.1, 0.15) is 31.1 Å². The molecule has 2 aliphatic heterocycles. The second kappa shape index (κ2) is 8.56. The van der Waals surface area contributed by atoms with Crippen LogP contribution in [-0.2, 0) is 23.9 Å². The Morgan fingerprint density at radius 3 is 2.57 bits per heavy atom. The number of rotatable bonds is 6. The number of esters is 2. The lowest BCUT2D eigenvalue weighted by Crippen LogP contribution is -2.62. The molecule has 1 aromatic rings. The topological polar surface area (TPSA) is 114 Å². The third kappa shape index (κ3) is 3.87. The Morgan fingerprint density at radius 2 is 1.93 bits per heavy atom. The molecule has 2 aliphatic rings. The van der Waals surface area contributed by atoms with Crippen LogP contribution >= 0.6 is 0 Å². The zero-order valence-electron chi connectivity index (χ0n) is 17.2. The number of ether oxygens (including phenoxy) is 2. The molecule has 2 N–H and O–H groups in total. The second-order valence-corrected chi connectivity index (χ2v) is 7.33. The van der Waals surface area contributed by atoms with Crippen molar-refractivity contribution in [3.63, 3.8) is 0 Å². The summed E-state index contributed by atoms with van der Waals surface area (Å²) in [5, 5.41) is 5.81. The number of benzene rings is 1. The molecular formula is C21H25N3O6. The number of amides is 2. The summed E-state index contributed by atoms with van der Waals surface area (Å²) in [6.45, 7) is 5.18. The molecule has 9 heteroatoms. The monoisotopic (exact) mass is 415 g/mol. The van der Waals surface area contributed by atoms with Crippen molar-refractivity contribution >= 4 is 23.8 Å². The quantitative estimate of drug-likeness (QED) is 0.653. The lowest BCUT2D eigenvalue weighted by atomic mass is 9.72. The van der Waals surface area contributed by atoms with Gasteiger partial charge < -0.3 is 20.1 Å². The van der Waals surface area contributed by atoms with Crippen molar-refractivity contribution in [2.75, 3.05) is 26.3 Å². The van der Waals surface area contributed by atoms with Crippen molar-refractivity contribution in [2.45, 2.75) is 26.8 Å². The predicted molar refractivity (Wildman–Crippen MR) is 106 cm³/mol. The summed E-state index contributed by atoms with van der Waals surface area (Å²) in [7, 11) is 0. The largest absolute Gasteiger partial charge is 0.465 e. The fourth-order valence-corrected chi connectivity index (χ4v) is 3.75. The predicted octanol–water partition coefficient (Wildman–Crippen LogP) is 0.575. The van der Waals surface area contributed by atoms with Crippen molar-refractivity contribution in [1.82, 2.24) is 15.5 Å². The SMILES string of the molecule is CCOC(=O)C1=C2NCCN2C(=O)[C@@H](NC(=O)c2ccccc2)[C@]1(C)COC(C)=O. The van der Waals surface area contributed by atoms with Gasteiger partial charge in [-0.15, -0.1) is 0 Å². The maximum Gasteiger partial charge on any atom is 0.338 e. The highest BCUT2D eigenvalue weighted by Gasteiger charge is 2.55. The Bertz CT molecular complexity index is 897. The molecule has 0 radical (unpaired) electrons. The van der Waals surface area contributed by atoms with E-state index < -0.39 is 29.3 Å². The van der Waals surface area contributed by atoms with Gasteiger partial charge in [0.2, 0.25) is 0 Å². The first-order valence-corrected chi connectivity index (χ1v) is 9.76. The van der Waals surface area contributed by atoms with Gasteiger partial charge in [0.05, 0.1) is 17.6 Å². The van der Waals surface area contributed by atoms with E-state index in [4.69, 9.17) is 9.47 Å². The maximum atomic E-state index is 13.3. The number of carbonyl (C=O) groups excluding carboxylic acids is 4. The van der Waals surface area contributed by atoms with Crippen LogP contribution in [-0.4, -0.2) is 61.0 Å². The molecule has 1 saturated heterocycles. The maximum absolute atomic E-state index is 13.3. The van der Waals surface area contributed by atoms with E-state index in [-0.39, 0.29) is 24.7 Å². The van der Waals surface area contributed by atoms with E-state index in [1.165, 1.54) is 11.8 Å². The van der Waals surface area contributed by atoms with Gasteiger partial charge in [0, 0.05) is 25.6 Å². The number of hydrogen-bond acceptors (Lipinski definition) is 7. The van der Waals surface area contributed by atoms with E-state index in [0.29, 0.717) is 24.5 Å². The Kier molecular flexibility index (Phi) is 6.09. The zero-order valence-corrected chi connectivity index (χ0v) is 17.2. The van der Waals surface area contributed by atoms with Crippen molar-refractivity contribution < 1.29 is 28.7 Å². The van der Waals surface area contributed by atoms with Gasteiger partial charge in [-0.25, -0.2) is 4.79 Å². The van der Waals surface area contributed by atoms with Crippen LogP contribution in [0, 0.1) is 5.41 Å². The smallest absolute Gasteiger partial charge is 0.338 e. The van der Waals surface area contributed by atoms with Gasteiger partial charge in [0.15, 0.2) is 0 Å². The number of fused-ring (bicyclic) bond motifs is 1. The summed E-state index contributed by atoms with van der Waals surface area (Å²) in [6, 6.07) is 7.31. The molecule has 2 amide bonds. The normalized spacial score (nSPS) is 22.8. The van der Waals surface area contributed by atoms with Crippen LogP contribution in [0.4, 0.5) is 0 Å². The lowest BCUT2D eigenvalue weighted by Gasteiger charge is -2.43. The number of nitrogens with one attached hydrogen (secondary N) is 2. The first-order chi connectivity index (χ1) is 14.3. The van der Waals surface area contributed by atoms with Crippen LogP contribution in [0.2, 0.25) is 0 Å². The number of carbonyl (C=O) groups is 4. The average molecular weight is 415 g/mol. The standard InChI is InChI=1S/C21H25N3O6/c1-4-29-20(28)15-17-22-10-11-24(17)19(27)16(21(15,3)12-30-13(2)25)23-18(26)14-8-6-5-7-9-14/h5-9,16,22H,4,10-12H2,1-3H3,(H,23,26)/t16-,21-/m1/s1. The Labute approximate surface area is 174 Å². The van der Waals surface area contributed by atoms with Crippen LogP contribution < -0.4 is 10.6 Å². The minimum Gasteiger partial charge on any atom is -0.465 e. The summed E-state index contributed by atoms with van der Waals surface area (Å²) >= 11 is 0. The van der Waals surface area contributed by atoms with Crippen LogP contribution in [0.15, 0.2) is 41.7 Å². The van der Waals surface area contributed by atoms with E-state index >= 15 is 0 Å². The first kappa shape index (κ1) is 21.4. The van der Waals surface area contributed by atoms with Crippen LogP contribution in [0.5, 0.6) is 0 Å². The first-order valence-electron chi connectivity index (χ1n) is 9.76. The number of nitrogens with zero attached hydrogens (tertiary/aromatic N) is 1. The van der Waals surface area contributed by atoms with Gasteiger partial charge in [0.1, 0.15) is 18.5 Å². The van der Waals surface area contributed by atoms with E-state index in [9.17, 15) is 19.2 Å². The molecule has 2 heterocycles. The molecule has 0 aromatic heterocycles. The molecule has 9 nitrogen and oxygen atoms in total. The summed E-state index contributed by atoms with van der Waals surface area (Å²) in [5.41, 5.74) is -0.795. The molecular weight excluding hydrogens is 390 g/mol. The third-order valence-electron chi connectivity index (χ3n) is 5.22. The fraction of sp³-hybridized carbons (Fsp3) is 0.429. The van der Waals surface area contributed by atoms with E-state index in [1.54, 1.807) is 44.2 Å². The molecule has 3 rings (SSSR count). The third-order valence-corrected chi connectivity index (χ3v) is 5.22. The van der Waals surface area contributed by atoms with Gasteiger partial charge >= 0.3 is 11.9 Å². The van der Waals surface area contributed by atoms with Crippen molar-refractivity contribution in [3.8, 4) is 0 Å². The summed E-state index contributed by atoms with van der Waals surface area (Å²) in [4.78, 5) is 52.0. The highest BCUT2D eigenvalue weighted by molar-refractivity contribution is 6.02. The molecule has 0 bridgehead atoms. The highest BCUT2D eigenvalue weighted by atomic mass is 16.5. The molecule has 0 saturated carbocycles. The minimum absolute atomic E-state index is 0.133. The van der Waals surface area contributed by atoms with Gasteiger partial charge in [-0.3, -0.25) is 19.3 Å². The van der Waals surface area contributed by atoms with Gasteiger partial charge in [0.25, 0.3) is 11.8 Å². The minimum atomic E-state index is -1.33. The molecule has 2 atom stereocenters. The van der Waals surface area contributed by atoms with E-state index in [2.05, 4.69) is 10.6 Å². The van der Waals surface area contributed by atoms with Crippen molar-refractivity contribution in [3.05, 3.63) is 47.3 Å². The Morgan fingerprint density at radius 1 is 1.23 bits per heavy atom. The van der Waals surface area contributed by atoms with Crippen LogP contribution in [0.3, 0.4) is 0 Å². The fourth-order valence-electron chi connectivity index (χ4n) is 3.75. The number of hydrogen-bond donors (Lipinski definition) is 2. The molecule has 0 spiro atoms. The van der Waals surface area contributed by atoms with Crippen molar-refractivity contribution in [2.24, 2.45) is 5.41 Å². The van der Waals surface area contributed by atoms with Gasteiger partial charge in [-0.1, -0.05) is 18.2 Å². The molecule has 0 unspecified atom stereocenters. The van der Waals surface area contributed by atoms with Gasteiger partial charge in [-0.2, -0.15) is 0 Å². The summed E-state index contributed by atoms with van der Waals surface area (Å²) in [5.74, 6) is -1.72. The molecule has 160 valence electrons. The van der Waals surface area contributed by atoms with Crippen molar-refractivity contribution in [1.29, 1.82) is 0 Å². The second-order valence-electron chi connectivity index (χ2n) is 7.33. The van der Waals surface area contributed by atoms with E-state index in [1.807, 2.05) is 0 Å². The molecule has 1 fully saturated rings. The Hall–Kier alpha value is -3.36. The molecule has 1 aromatic carbocycles. The summed E-state index contributed by atoms with van der Waals surface area (Å²) < 4.78 is 10.5. The highest BCUT2D eigenvalue weighted by Crippen LogP contribution is 2.41.